The van der Waals surface area contributed by atoms with Crippen LogP contribution in [0.1, 0.15) is 0 Å². The van der Waals surface area contributed by atoms with Crippen LogP contribution >= 0.6 is 11.3 Å². The number of imidazole rings is 1. The van der Waals surface area contributed by atoms with Gasteiger partial charge < -0.3 is 0 Å². The highest BCUT2D eigenvalue weighted by molar-refractivity contribution is 7.90. The molecule has 0 aliphatic rings. The Morgan fingerprint density at radius 1 is 0.958 bits per heavy atom. The molecule has 2 heterocycles. The molecule has 2 aromatic carbocycles. The summed E-state index contributed by atoms with van der Waals surface area (Å²) in [6.45, 7) is 0. The van der Waals surface area contributed by atoms with Crippen molar-refractivity contribution in [1.82, 2.24) is 9.38 Å². The number of hydrogen-bond donors (Lipinski definition) is 0. The highest BCUT2D eigenvalue weighted by Crippen LogP contribution is 2.39. The molecule has 4 rings (SSSR count). The lowest BCUT2D eigenvalue weighted by Crippen LogP contribution is -1.96. The van der Waals surface area contributed by atoms with Gasteiger partial charge in [-0.25, -0.2) is 13.4 Å². The molecule has 2 aromatic heterocycles. The van der Waals surface area contributed by atoms with Crippen LogP contribution < -0.4 is 0 Å². The summed E-state index contributed by atoms with van der Waals surface area (Å²) in [5, 5.41) is 0. The molecule has 6 heteroatoms. The number of benzene rings is 2. The lowest BCUT2D eigenvalue weighted by molar-refractivity contribution is 0.602. The first kappa shape index (κ1) is 15.1. The van der Waals surface area contributed by atoms with Gasteiger partial charge in [-0.15, -0.1) is 11.3 Å². The van der Waals surface area contributed by atoms with Gasteiger partial charge in [-0.1, -0.05) is 42.5 Å². The van der Waals surface area contributed by atoms with Crippen molar-refractivity contribution >= 4 is 26.0 Å². The van der Waals surface area contributed by atoms with Crippen LogP contribution in [0.25, 0.3) is 26.5 Å². The van der Waals surface area contributed by atoms with Crippen molar-refractivity contribution in [3.8, 4) is 21.7 Å². The molecule has 0 aliphatic heterocycles. The second kappa shape index (κ2) is 5.58. The lowest BCUT2D eigenvalue weighted by atomic mass is 10.1. The first-order valence-electron chi connectivity index (χ1n) is 7.35. The Morgan fingerprint density at radius 2 is 1.67 bits per heavy atom. The predicted molar refractivity (Wildman–Crippen MR) is 97.1 cm³/mol. The van der Waals surface area contributed by atoms with E-state index in [2.05, 4.69) is 17.1 Å². The molecule has 0 spiro atoms. The van der Waals surface area contributed by atoms with Crippen molar-refractivity contribution in [2.45, 2.75) is 4.90 Å². The molecule has 0 amide bonds. The Labute approximate surface area is 144 Å². The van der Waals surface area contributed by atoms with Crippen LogP contribution in [0.15, 0.2) is 72.0 Å². The molecule has 0 fully saturated rings. The Hall–Kier alpha value is -2.44. The maximum absolute atomic E-state index is 11.7. The standard InChI is InChI=1S/C18H14N2O2S2/c1-24(21,22)15-9-7-13(8-10-15)17-18(14-5-3-2-4-6-14)23-16-11-19-12-20(16)17/h2-12H,1H3. The fourth-order valence-electron chi connectivity index (χ4n) is 2.70. The third-order valence-corrected chi connectivity index (χ3v) is 6.13. The number of aromatic nitrogens is 2. The van der Waals surface area contributed by atoms with Gasteiger partial charge in [0.15, 0.2) is 9.84 Å². The topological polar surface area (TPSA) is 51.4 Å². The highest BCUT2D eigenvalue weighted by atomic mass is 32.2. The Morgan fingerprint density at radius 3 is 2.33 bits per heavy atom. The number of hydrogen-bond acceptors (Lipinski definition) is 4. The molecule has 0 atom stereocenters. The van der Waals surface area contributed by atoms with Crippen LogP contribution in [0.4, 0.5) is 0 Å². The zero-order valence-corrected chi connectivity index (χ0v) is 14.5. The minimum atomic E-state index is -3.20. The first-order chi connectivity index (χ1) is 11.5. The summed E-state index contributed by atoms with van der Waals surface area (Å²) in [5.74, 6) is 0. The molecule has 0 radical (unpaired) electrons. The summed E-state index contributed by atoms with van der Waals surface area (Å²) in [6.07, 6.45) is 4.85. The molecule has 0 N–H and O–H groups in total. The second-order valence-corrected chi connectivity index (χ2v) is 8.59. The van der Waals surface area contributed by atoms with Gasteiger partial charge in [0.1, 0.15) is 11.2 Å². The van der Waals surface area contributed by atoms with Crippen LogP contribution in [0.5, 0.6) is 0 Å². The van der Waals surface area contributed by atoms with E-state index in [0.29, 0.717) is 4.90 Å². The van der Waals surface area contributed by atoms with Gasteiger partial charge in [-0.05, 0) is 17.7 Å². The minimum absolute atomic E-state index is 0.324. The van der Waals surface area contributed by atoms with Gasteiger partial charge in [0, 0.05) is 11.8 Å². The number of fused-ring (bicyclic) bond motifs is 1. The number of thiazole rings is 1. The summed E-state index contributed by atoms with van der Waals surface area (Å²) in [5.41, 5.74) is 3.12. The predicted octanol–water partition coefficient (Wildman–Crippen LogP) is 4.13. The summed E-state index contributed by atoms with van der Waals surface area (Å²) >= 11 is 1.67. The van der Waals surface area contributed by atoms with Gasteiger partial charge in [-0.2, -0.15) is 0 Å². The quantitative estimate of drug-likeness (QED) is 0.556. The summed E-state index contributed by atoms with van der Waals surface area (Å²) in [7, 11) is -3.20. The van der Waals surface area contributed by atoms with Crippen LogP contribution in [-0.4, -0.2) is 24.1 Å². The van der Waals surface area contributed by atoms with Crippen molar-refractivity contribution in [2.75, 3.05) is 6.26 Å². The van der Waals surface area contributed by atoms with E-state index in [0.717, 1.165) is 26.5 Å². The maximum Gasteiger partial charge on any atom is 0.175 e. The fraction of sp³-hybridized carbons (Fsp3) is 0.0556. The van der Waals surface area contributed by atoms with Crippen LogP contribution in [-0.2, 0) is 9.84 Å². The van der Waals surface area contributed by atoms with Crippen molar-refractivity contribution < 1.29 is 8.42 Å². The zero-order chi connectivity index (χ0) is 16.7. The average molecular weight is 354 g/mol. The van der Waals surface area contributed by atoms with Gasteiger partial charge in [0.25, 0.3) is 0 Å². The molecule has 0 saturated heterocycles. The van der Waals surface area contributed by atoms with E-state index in [-0.39, 0.29) is 0 Å². The fourth-order valence-corrected chi connectivity index (χ4v) is 4.46. The molecule has 0 bridgehead atoms. The molecule has 4 aromatic rings. The monoisotopic (exact) mass is 354 g/mol. The Bertz CT molecular complexity index is 1110. The molecule has 0 unspecified atom stereocenters. The van der Waals surface area contributed by atoms with Gasteiger partial charge in [-0.3, -0.25) is 4.40 Å². The zero-order valence-electron chi connectivity index (χ0n) is 12.9. The molecular formula is C18H14N2O2S2. The van der Waals surface area contributed by atoms with E-state index in [4.69, 9.17) is 0 Å². The van der Waals surface area contributed by atoms with E-state index in [1.54, 1.807) is 29.8 Å². The number of sulfone groups is 1. The summed E-state index contributed by atoms with van der Waals surface area (Å²) < 4.78 is 25.4. The molecule has 4 nitrogen and oxygen atoms in total. The van der Waals surface area contributed by atoms with Gasteiger partial charge >= 0.3 is 0 Å². The lowest BCUT2D eigenvalue weighted by Gasteiger charge is -2.06. The highest BCUT2D eigenvalue weighted by Gasteiger charge is 2.16. The Kier molecular flexibility index (Phi) is 3.51. The normalized spacial score (nSPS) is 11.9. The number of nitrogens with zero attached hydrogens (tertiary/aromatic N) is 2. The van der Waals surface area contributed by atoms with Crippen molar-refractivity contribution in [3.05, 3.63) is 67.1 Å². The van der Waals surface area contributed by atoms with Gasteiger partial charge in [0.05, 0.1) is 21.7 Å². The third-order valence-electron chi connectivity index (χ3n) is 3.86. The summed E-state index contributed by atoms with van der Waals surface area (Å²) in [4.78, 5) is 6.73. The van der Waals surface area contributed by atoms with E-state index in [1.165, 1.54) is 6.26 Å². The molecule has 120 valence electrons. The third kappa shape index (κ3) is 2.53. The molecular weight excluding hydrogens is 340 g/mol. The summed E-state index contributed by atoms with van der Waals surface area (Å²) in [6, 6.07) is 17.2. The molecule has 24 heavy (non-hydrogen) atoms. The van der Waals surface area contributed by atoms with E-state index < -0.39 is 9.84 Å². The largest absolute Gasteiger partial charge is 0.289 e. The number of rotatable bonds is 3. The van der Waals surface area contributed by atoms with Crippen LogP contribution in [0.2, 0.25) is 0 Å². The van der Waals surface area contributed by atoms with E-state index in [1.807, 2.05) is 40.9 Å². The maximum atomic E-state index is 11.7. The van der Waals surface area contributed by atoms with Crippen LogP contribution in [0, 0.1) is 0 Å². The van der Waals surface area contributed by atoms with Crippen molar-refractivity contribution in [1.29, 1.82) is 0 Å². The average Bonchev–Trinajstić information content (AvgIpc) is 3.15. The van der Waals surface area contributed by atoms with Crippen LogP contribution in [0.3, 0.4) is 0 Å². The van der Waals surface area contributed by atoms with Crippen molar-refractivity contribution in [3.63, 3.8) is 0 Å². The van der Waals surface area contributed by atoms with E-state index in [9.17, 15) is 8.42 Å². The molecule has 0 saturated carbocycles. The Balaban J connectivity index is 1.94. The second-order valence-electron chi connectivity index (χ2n) is 5.54. The first-order valence-corrected chi connectivity index (χ1v) is 10.1. The smallest absolute Gasteiger partial charge is 0.175 e. The SMILES string of the molecule is CS(=O)(=O)c1ccc(-c2c(-c3ccccc3)sc3cncn23)cc1. The van der Waals surface area contributed by atoms with Gasteiger partial charge in [0.2, 0.25) is 0 Å². The molecule has 0 aliphatic carbocycles. The minimum Gasteiger partial charge on any atom is -0.289 e. The van der Waals surface area contributed by atoms with Crippen molar-refractivity contribution in [2.24, 2.45) is 0 Å². The van der Waals surface area contributed by atoms with E-state index >= 15 is 0 Å².